The van der Waals surface area contributed by atoms with E-state index in [1.807, 2.05) is 35.6 Å². The smallest absolute Gasteiger partial charge is 0.430 e. The zero-order valence-electron chi connectivity index (χ0n) is 12.2. The molecule has 1 aliphatic heterocycles. The topological polar surface area (TPSA) is 92.3 Å². The van der Waals surface area contributed by atoms with E-state index in [2.05, 4.69) is 0 Å². The molecular weight excluding hydrogens is 319 g/mol. The molecule has 1 saturated heterocycles. The van der Waals surface area contributed by atoms with E-state index < -0.39 is 12.1 Å². The van der Waals surface area contributed by atoms with Crippen LogP contribution in [0.1, 0.15) is 6.42 Å². The summed E-state index contributed by atoms with van der Waals surface area (Å²) in [7, 11) is 1.42. The number of aliphatic carboxylic acids is 1. The molecule has 2 atom stereocenters. The van der Waals surface area contributed by atoms with Crippen LogP contribution < -0.4 is 15.2 Å². The SMILES string of the molecule is COC(=O)[C@H]1C[C@H](Oc2ccccc2)C[NH2+]1.O=C([O-])C(F)(F)F. The van der Waals surface area contributed by atoms with Crippen molar-refractivity contribution < 1.29 is 42.7 Å². The Morgan fingerprint density at radius 2 is 1.83 bits per heavy atom. The monoisotopic (exact) mass is 335 g/mol. The number of hydrogen-bond acceptors (Lipinski definition) is 5. The van der Waals surface area contributed by atoms with E-state index in [4.69, 9.17) is 19.4 Å². The maximum absolute atomic E-state index is 11.3. The average Bonchev–Trinajstić information content (AvgIpc) is 2.95. The molecule has 1 aliphatic rings. The molecule has 2 N–H and O–H groups in total. The number of esters is 1. The van der Waals surface area contributed by atoms with Gasteiger partial charge in [0.15, 0.2) is 12.1 Å². The van der Waals surface area contributed by atoms with Gasteiger partial charge in [0.1, 0.15) is 18.3 Å². The zero-order chi connectivity index (χ0) is 17.5. The molecule has 0 bridgehead atoms. The fourth-order valence-electron chi connectivity index (χ4n) is 1.92. The van der Waals surface area contributed by atoms with Crippen LogP contribution in [0.5, 0.6) is 5.75 Å². The van der Waals surface area contributed by atoms with Crippen molar-refractivity contribution in [3.63, 3.8) is 0 Å². The standard InChI is InChI=1S/C12H15NO3.C2HF3O2/c1-15-12(14)11-7-10(8-13-11)16-9-5-3-2-4-6-9;3-2(4,5)1(6)7/h2-6,10-11,13H,7-8H2,1H3;(H,6,7)/t10-,11+;/m0./s1. The number of para-hydroxylation sites is 1. The summed E-state index contributed by atoms with van der Waals surface area (Å²) in [4.78, 5) is 20.1. The first kappa shape index (κ1) is 18.8. The number of ether oxygens (including phenoxy) is 2. The summed E-state index contributed by atoms with van der Waals surface area (Å²) in [6.07, 6.45) is -4.40. The summed E-state index contributed by atoms with van der Waals surface area (Å²) >= 11 is 0. The van der Waals surface area contributed by atoms with E-state index in [9.17, 15) is 18.0 Å². The highest BCUT2D eigenvalue weighted by molar-refractivity contribution is 5.74. The van der Waals surface area contributed by atoms with E-state index in [1.54, 1.807) is 0 Å². The van der Waals surface area contributed by atoms with Crippen molar-refractivity contribution in [2.24, 2.45) is 0 Å². The lowest BCUT2D eigenvalue weighted by molar-refractivity contribution is -0.660. The number of methoxy groups -OCH3 is 1. The van der Waals surface area contributed by atoms with Crippen molar-refractivity contribution in [1.82, 2.24) is 0 Å². The Kier molecular flexibility index (Phi) is 6.83. The predicted molar refractivity (Wildman–Crippen MR) is 69.1 cm³/mol. The second-order valence-corrected chi connectivity index (χ2v) is 4.67. The fourth-order valence-corrected chi connectivity index (χ4v) is 1.92. The van der Waals surface area contributed by atoms with Crippen LogP contribution in [0.3, 0.4) is 0 Å². The third kappa shape index (κ3) is 6.55. The number of carbonyl (C=O) groups excluding carboxylic acids is 2. The fraction of sp³-hybridized carbons (Fsp3) is 0.429. The highest BCUT2D eigenvalue weighted by Gasteiger charge is 2.35. The van der Waals surface area contributed by atoms with Crippen molar-refractivity contribution in [3.05, 3.63) is 30.3 Å². The molecule has 0 radical (unpaired) electrons. The Bertz CT molecular complexity index is 521. The predicted octanol–water partition coefficient (Wildman–Crippen LogP) is -0.759. The summed E-state index contributed by atoms with van der Waals surface area (Å²) in [6.45, 7) is 0.800. The van der Waals surface area contributed by atoms with Gasteiger partial charge in [-0.25, -0.2) is 4.79 Å². The number of carboxylic acid groups (broad SMARTS) is 1. The van der Waals surface area contributed by atoms with Crippen LogP contribution >= 0.6 is 0 Å². The van der Waals surface area contributed by atoms with E-state index in [0.717, 1.165) is 12.3 Å². The lowest BCUT2D eigenvalue weighted by Crippen LogP contribution is -2.89. The minimum absolute atomic E-state index is 0.0894. The van der Waals surface area contributed by atoms with Crippen molar-refractivity contribution in [3.8, 4) is 5.75 Å². The first-order valence-electron chi connectivity index (χ1n) is 6.65. The Hall–Kier alpha value is -2.29. The van der Waals surface area contributed by atoms with Gasteiger partial charge in [-0.15, -0.1) is 0 Å². The van der Waals surface area contributed by atoms with E-state index in [1.165, 1.54) is 7.11 Å². The van der Waals surface area contributed by atoms with E-state index >= 15 is 0 Å². The molecule has 1 fully saturated rings. The zero-order valence-corrected chi connectivity index (χ0v) is 12.2. The number of alkyl halides is 3. The minimum Gasteiger partial charge on any atom is -0.542 e. The maximum atomic E-state index is 11.3. The van der Waals surface area contributed by atoms with Crippen molar-refractivity contribution in [2.75, 3.05) is 13.7 Å². The number of quaternary nitrogens is 1. The lowest BCUT2D eigenvalue weighted by Gasteiger charge is -2.09. The van der Waals surface area contributed by atoms with Gasteiger partial charge in [-0.1, -0.05) is 18.2 Å². The largest absolute Gasteiger partial charge is 0.542 e. The van der Waals surface area contributed by atoms with Gasteiger partial charge in [0.2, 0.25) is 0 Å². The molecular formula is C14H16F3NO5. The first-order valence-corrected chi connectivity index (χ1v) is 6.65. The van der Waals surface area contributed by atoms with Crippen LogP contribution in [-0.4, -0.2) is 43.9 Å². The van der Waals surface area contributed by atoms with Crippen LogP contribution in [0.4, 0.5) is 13.2 Å². The second-order valence-electron chi connectivity index (χ2n) is 4.67. The summed E-state index contributed by atoms with van der Waals surface area (Å²) < 4.78 is 42.0. The van der Waals surface area contributed by atoms with Gasteiger partial charge in [-0.2, -0.15) is 13.2 Å². The molecule has 0 unspecified atom stereocenters. The molecule has 1 aromatic carbocycles. The number of nitrogens with two attached hydrogens (primary N) is 1. The molecule has 0 spiro atoms. The second kappa shape index (κ2) is 8.37. The van der Waals surface area contributed by atoms with Gasteiger partial charge < -0.3 is 24.7 Å². The van der Waals surface area contributed by atoms with Crippen LogP contribution in [0, 0.1) is 0 Å². The number of carboxylic acids is 1. The van der Waals surface area contributed by atoms with Gasteiger partial charge in [0.05, 0.1) is 13.5 Å². The molecule has 9 heteroatoms. The Balaban J connectivity index is 0.000000322. The van der Waals surface area contributed by atoms with Gasteiger partial charge in [0, 0.05) is 0 Å². The van der Waals surface area contributed by atoms with Crippen molar-refractivity contribution in [1.29, 1.82) is 0 Å². The van der Waals surface area contributed by atoms with Crippen LogP contribution in [0.2, 0.25) is 0 Å². The maximum Gasteiger partial charge on any atom is 0.430 e. The molecule has 1 aromatic rings. The Morgan fingerprint density at radius 3 is 2.30 bits per heavy atom. The summed E-state index contributed by atoms with van der Waals surface area (Å²) in [5, 5.41) is 10.8. The van der Waals surface area contributed by atoms with Crippen molar-refractivity contribution >= 4 is 11.9 Å². The number of halogens is 3. The number of benzene rings is 1. The molecule has 128 valence electrons. The van der Waals surface area contributed by atoms with E-state index in [-0.39, 0.29) is 18.1 Å². The minimum atomic E-state index is -5.19. The quantitative estimate of drug-likeness (QED) is 0.733. The molecule has 23 heavy (non-hydrogen) atoms. The van der Waals surface area contributed by atoms with Crippen LogP contribution in [0.15, 0.2) is 30.3 Å². The summed E-state index contributed by atoms with van der Waals surface area (Å²) in [6, 6.07) is 9.55. The highest BCUT2D eigenvalue weighted by atomic mass is 19.4. The molecule has 6 nitrogen and oxygen atoms in total. The third-order valence-corrected chi connectivity index (χ3v) is 2.98. The normalized spacial score (nSPS) is 20.2. The number of hydrogen-bond donors (Lipinski definition) is 1. The number of rotatable bonds is 3. The van der Waals surface area contributed by atoms with Gasteiger partial charge >= 0.3 is 12.1 Å². The third-order valence-electron chi connectivity index (χ3n) is 2.98. The highest BCUT2D eigenvalue weighted by Crippen LogP contribution is 2.14. The molecule has 0 aliphatic carbocycles. The molecule has 1 heterocycles. The summed E-state index contributed by atoms with van der Waals surface area (Å²) in [5.41, 5.74) is 0. The molecule has 0 saturated carbocycles. The molecule has 2 rings (SSSR count). The molecule has 0 aromatic heterocycles. The van der Waals surface area contributed by atoms with Crippen molar-refractivity contribution in [2.45, 2.75) is 24.7 Å². The average molecular weight is 335 g/mol. The van der Waals surface area contributed by atoms with Crippen LogP contribution in [-0.2, 0) is 14.3 Å². The van der Waals surface area contributed by atoms with E-state index in [0.29, 0.717) is 6.42 Å². The Morgan fingerprint density at radius 1 is 1.26 bits per heavy atom. The van der Waals surface area contributed by atoms with Gasteiger partial charge in [0.25, 0.3) is 0 Å². The number of carbonyl (C=O) groups is 2. The van der Waals surface area contributed by atoms with Gasteiger partial charge in [-0.3, -0.25) is 0 Å². The molecule has 0 amide bonds. The van der Waals surface area contributed by atoms with Crippen LogP contribution in [0.25, 0.3) is 0 Å². The Labute approximate surface area is 130 Å². The van der Waals surface area contributed by atoms with Gasteiger partial charge in [-0.05, 0) is 12.1 Å². The first-order chi connectivity index (χ1) is 10.7. The lowest BCUT2D eigenvalue weighted by atomic mass is 10.2. The summed E-state index contributed by atoms with van der Waals surface area (Å²) in [5.74, 6) is -2.32.